The van der Waals surface area contributed by atoms with Crippen LogP contribution in [0, 0.1) is 0 Å². The summed E-state index contributed by atoms with van der Waals surface area (Å²) in [4.78, 5) is 41.5. The molecule has 4 N–H and O–H groups in total. The van der Waals surface area contributed by atoms with Crippen LogP contribution in [0.15, 0.2) is 23.3 Å². The molecule has 0 aromatic rings. The molecule has 0 aliphatic carbocycles. The van der Waals surface area contributed by atoms with E-state index in [9.17, 15) is 19.2 Å². The molecule has 0 heterocycles. The molecule has 16 heavy (non-hydrogen) atoms. The molecule has 8 heteroatoms. The smallest absolute Gasteiger partial charge is 0.336 e. The zero-order valence-corrected chi connectivity index (χ0v) is 7.58. The normalized spacial score (nSPS) is 12.0. The molecule has 86 valence electrons. The first kappa shape index (κ1) is 13.4. The lowest BCUT2D eigenvalue weighted by Crippen LogP contribution is -2.14. The monoisotopic (exact) mass is 230 g/mol. The summed E-state index contributed by atoms with van der Waals surface area (Å²) in [6, 6.07) is 0. The van der Waals surface area contributed by atoms with Gasteiger partial charge in [-0.3, -0.25) is 0 Å². The Morgan fingerprint density at radius 3 is 1.00 bits per heavy atom. The van der Waals surface area contributed by atoms with Crippen molar-refractivity contribution < 1.29 is 39.6 Å². The second-order valence-electron chi connectivity index (χ2n) is 2.40. The average molecular weight is 230 g/mol. The summed E-state index contributed by atoms with van der Waals surface area (Å²) < 4.78 is 0. The van der Waals surface area contributed by atoms with Crippen molar-refractivity contribution in [1.82, 2.24) is 0 Å². The molecule has 0 saturated heterocycles. The van der Waals surface area contributed by atoms with Gasteiger partial charge in [0.15, 0.2) is 0 Å². The lowest BCUT2D eigenvalue weighted by atomic mass is 10.1. The van der Waals surface area contributed by atoms with Gasteiger partial charge >= 0.3 is 23.9 Å². The van der Waals surface area contributed by atoms with Crippen LogP contribution in [-0.2, 0) is 19.2 Å². The van der Waals surface area contributed by atoms with Gasteiger partial charge in [0, 0.05) is 12.2 Å². The predicted octanol–water partition coefficient (Wildman–Crippen LogP) is -0.822. The van der Waals surface area contributed by atoms with Crippen LogP contribution in [0.1, 0.15) is 0 Å². The van der Waals surface area contributed by atoms with Gasteiger partial charge in [-0.2, -0.15) is 0 Å². The Labute approximate surface area is 87.7 Å². The van der Waals surface area contributed by atoms with Gasteiger partial charge in [-0.1, -0.05) is 0 Å². The second kappa shape index (κ2) is 5.29. The highest BCUT2D eigenvalue weighted by molar-refractivity contribution is 6.11. The van der Waals surface area contributed by atoms with E-state index in [1.54, 1.807) is 0 Å². The van der Waals surface area contributed by atoms with E-state index in [0.29, 0.717) is 0 Å². The van der Waals surface area contributed by atoms with Crippen molar-refractivity contribution in [3.05, 3.63) is 23.3 Å². The number of hydrogen-bond donors (Lipinski definition) is 4. The molecule has 0 aliphatic rings. The zero-order valence-electron chi connectivity index (χ0n) is 7.58. The van der Waals surface area contributed by atoms with Gasteiger partial charge in [0.25, 0.3) is 0 Å². The third-order valence-corrected chi connectivity index (χ3v) is 1.29. The van der Waals surface area contributed by atoms with E-state index in [-0.39, 0.29) is 12.2 Å². The third kappa shape index (κ3) is 4.05. The summed E-state index contributed by atoms with van der Waals surface area (Å²) in [5.41, 5.74) is -2.25. The van der Waals surface area contributed by atoms with Crippen molar-refractivity contribution in [3.8, 4) is 0 Å². The Kier molecular flexibility index (Phi) is 4.42. The van der Waals surface area contributed by atoms with Crippen molar-refractivity contribution in [3.63, 3.8) is 0 Å². The molecule has 0 atom stereocenters. The highest BCUT2D eigenvalue weighted by Crippen LogP contribution is 2.10. The number of carboxylic acids is 4. The van der Waals surface area contributed by atoms with E-state index in [1.165, 1.54) is 0 Å². The molecular weight excluding hydrogens is 224 g/mol. The van der Waals surface area contributed by atoms with E-state index >= 15 is 0 Å². The fourth-order valence-corrected chi connectivity index (χ4v) is 0.756. The topological polar surface area (TPSA) is 149 Å². The van der Waals surface area contributed by atoms with E-state index in [4.69, 9.17) is 20.4 Å². The van der Waals surface area contributed by atoms with Gasteiger partial charge in [-0.05, 0) is 0 Å². The van der Waals surface area contributed by atoms with Crippen LogP contribution >= 0.6 is 0 Å². The minimum atomic E-state index is -1.85. The Morgan fingerprint density at radius 1 is 0.625 bits per heavy atom. The Bertz CT molecular complexity index is 374. The number of carboxylic acid groups (broad SMARTS) is 4. The Hall–Kier alpha value is -2.64. The number of aliphatic carboxylic acids is 4. The summed E-state index contributed by atoms with van der Waals surface area (Å²) in [5.74, 6) is -7.10. The molecule has 0 unspecified atom stereocenters. The summed E-state index contributed by atoms with van der Waals surface area (Å²) in [6.07, 6.45) is 0.205. The largest absolute Gasteiger partial charge is 0.478 e. The quantitative estimate of drug-likeness (QED) is 0.353. The van der Waals surface area contributed by atoms with E-state index in [1.807, 2.05) is 0 Å². The van der Waals surface area contributed by atoms with Gasteiger partial charge < -0.3 is 20.4 Å². The van der Waals surface area contributed by atoms with Crippen LogP contribution in [0.5, 0.6) is 0 Å². The van der Waals surface area contributed by atoms with Crippen LogP contribution < -0.4 is 0 Å². The van der Waals surface area contributed by atoms with Crippen LogP contribution in [0.3, 0.4) is 0 Å². The Morgan fingerprint density at radius 2 is 0.875 bits per heavy atom. The summed E-state index contributed by atoms with van der Waals surface area (Å²) >= 11 is 0. The highest BCUT2D eigenvalue weighted by atomic mass is 16.4. The molecule has 0 rings (SSSR count). The van der Waals surface area contributed by atoms with Gasteiger partial charge in [0.2, 0.25) is 0 Å². The maximum Gasteiger partial charge on any atom is 0.336 e. The third-order valence-electron chi connectivity index (χ3n) is 1.29. The van der Waals surface area contributed by atoms with Crippen LogP contribution in [0.2, 0.25) is 0 Å². The SMILES string of the molecule is O=C(O)/C=C(C(=O)O)/C(=C/C(=O)O)C(=O)O. The molecule has 0 spiro atoms. The lowest BCUT2D eigenvalue weighted by molar-refractivity contribution is -0.137. The zero-order chi connectivity index (χ0) is 12.9. The first-order valence-electron chi connectivity index (χ1n) is 3.62. The maximum atomic E-state index is 10.5. The number of rotatable bonds is 5. The summed E-state index contributed by atoms with van der Waals surface area (Å²) in [7, 11) is 0. The van der Waals surface area contributed by atoms with Crippen molar-refractivity contribution in [2.24, 2.45) is 0 Å². The minimum absolute atomic E-state index is 0.102. The van der Waals surface area contributed by atoms with Gasteiger partial charge in [0.1, 0.15) is 0 Å². The number of hydrogen-bond acceptors (Lipinski definition) is 4. The standard InChI is InChI=1S/C8H6O8/c9-5(10)1-3(7(13)14)4(8(15)16)2-6(11)12/h1-2H,(H,9,10)(H,11,12)(H,13,14)(H,15,16)/b3-1-,4-2-. The summed E-state index contributed by atoms with van der Waals surface area (Å²) in [6.45, 7) is 0. The van der Waals surface area contributed by atoms with Crippen molar-refractivity contribution in [2.45, 2.75) is 0 Å². The van der Waals surface area contributed by atoms with E-state index < -0.39 is 35.0 Å². The first-order chi connectivity index (χ1) is 7.25. The molecule has 0 saturated carbocycles. The van der Waals surface area contributed by atoms with Crippen molar-refractivity contribution >= 4 is 23.9 Å². The van der Waals surface area contributed by atoms with Crippen LogP contribution in [-0.4, -0.2) is 44.3 Å². The van der Waals surface area contributed by atoms with Gasteiger partial charge in [0.05, 0.1) is 11.1 Å². The molecule has 0 amide bonds. The molecule has 0 aliphatic heterocycles. The fourth-order valence-electron chi connectivity index (χ4n) is 0.756. The lowest BCUT2D eigenvalue weighted by Gasteiger charge is -2.01. The van der Waals surface area contributed by atoms with Crippen LogP contribution in [0.4, 0.5) is 0 Å². The van der Waals surface area contributed by atoms with Crippen LogP contribution in [0.25, 0.3) is 0 Å². The first-order valence-corrected chi connectivity index (χ1v) is 3.62. The van der Waals surface area contributed by atoms with Gasteiger partial charge in [-0.15, -0.1) is 0 Å². The molecule has 0 aromatic carbocycles. The molecular formula is C8H6O8. The fraction of sp³-hybridized carbons (Fsp3) is 0. The predicted molar refractivity (Wildman–Crippen MR) is 46.7 cm³/mol. The van der Waals surface area contributed by atoms with Crippen molar-refractivity contribution in [1.29, 1.82) is 0 Å². The summed E-state index contributed by atoms with van der Waals surface area (Å²) in [5, 5.41) is 33.6. The van der Waals surface area contributed by atoms with E-state index in [2.05, 4.69) is 0 Å². The molecule has 0 aromatic heterocycles. The highest BCUT2D eigenvalue weighted by Gasteiger charge is 2.22. The van der Waals surface area contributed by atoms with Crippen molar-refractivity contribution in [2.75, 3.05) is 0 Å². The molecule has 0 radical (unpaired) electrons. The average Bonchev–Trinajstić information content (AvgIpc) is 2.09. The number of carbonyl (C=O) groups is 4. The van der Waals surface area contributed by atoms with Gasteiger partial charge in [-0.25, -0.2) is 19.2 Å². The minimum Gasteiger partial charge on any atom is -0.478 e. The maximum absolute atomic E-state index is 10.5. The molecule has 8 nitrogen and oxygen atoms in total. The molecule has 0 bridgehead atoms. The van der Waals surface area contributed by atoms with E-state index in [0.717, 1.165) is 0 Å². The molecule has 0 fully saturated rings. The second-order valence-corrected chi connectivity index (χ2v) is 2.40. The Balaban J connectivity index is 5.65.